The Kier molecular flexibility index (Phi) is 5.18. The van der Waals surface area contributed by atoms with Crippen LogP contribution in [0.3, 0.4) is 0 Å². The van der Waals surface area contributed by atoms with E-state index in [1.54, 1.807) is 36.4 Å². The molecule has 1 aromatic rings. The predicted molar refractivity (Wildman–Crippen MR) is 78.2 cm³/mol. The third kappa shape index (κ3) is 3.84. The summed E-state index contributed by atoms with van der Waals surface area (Å²) >= 11 is 0. The van der Waals surface area contributed by atoms with E-state index < -0.39 is 0 Å². The summed E-state index contributed by atoms with van der Waals surface area (Å²) in [6.07, 6.45) is 7.24. The molecule has 1 aromatic carbocycles. The highest BCUT2D eigenvalue weighted by Crippen LogP contribution is 2.25. The summed E-state index contributed by atoms with van der Waals surface area (Å²) in [5.74, 6) is 0.212. The molecule has 0 bridgehead atoms. The normalized spacial score (nSPS) is 15.2. The van der Waals surface area contributed by atoms with Gasteiger partial charge in [0, 0.05) is 25.3 Å². The van der Waals surface area contributed by atoms with Crippen molar-refractivity contribution >= 4 is 12.0 Å². The molecule has 0 saturated heterocycles. The van der Waals surface area contributed by atoms with Gasteiger partial charge in [-0.05, 0) is 49.5 Å². The number of hydrogen-bond donors (Lipinski definition) is 2. The molecule has 0 unspecified atom stereocenters. The van der Waals surface area contributed by atoms with Crippen LogP contribution in [0.15, 0.2) is 30.3 Å². The Morgan fingerprint density at radius 2 is 2.00 bits per heavy atom. The highest BCUT2D eigenvalue weighted by atomic mass is 16.3. The number of phenolic OH excluding ortho intramolecular Hbond substituents is 1. The number of aromatic hydroxyl groups is 1. The van der Waals surface area contributed by atoms with Crippen LogP contribution in [0.2, 0.25) is 0 Å². The topological polar surface area (TPSA) is 60.8 Å². The van der Waals surface area contributed by atoms with Crippen molar-refractivity contribution in [1.29, 1.82) is 0 Å². The van der Waals surface area contributed by atoms with Crippen molar-refractivity contribution in [3.05, 3.63) is 35.9 Å². The quantitative estimate of drug-likeness (QED) is 0.782. The van der Waals surface area contributed by atoms with Crippen LogP contribution in [0.25, 0.3) is 6.08 Å². The Morgan fingerprint density at radius 1 is 1.30 bits per heavy atom. The summed E-state index contributed by atoms with van der Waals surface area (Å²) in [6, 6.07) is 7.05. The lowest BCUT2D eigenvalue weighted by Gasteiger charge is -2.37. The lowest BCUT2D eigenvalue weighted by atomic mass is 9.91. The Morgan fingerprint density at radius 3 is 2.55 bits per heavy atom. The van der Waals surface area contributed by atoms with Gasteiger partial charge in [-0.25, -0.2) is 0 Å². The molecule has 2 rings (SSSR count). The zero-order valence-corrected chi connectivity index (χ0v) is 11.5. The number of benzene rings is 1. The van der Waals surface area contributed by atoms with Gasteiger partial charge in [-0.1, -0.05) is 12.1 Å². The minimum atomic E-state index is -0.00350. The zero-order chi connectivity index (χ0) is 14.4. The van der Waals surface area contributed by atoms with E-state index in [9.17, 15) is 9.90 Å². The summed E-state index contributed by atoms with van der Waals surface area (Å²) in [5, 5.41) is 18.1. The zero-order valence-electron chi connectivity index (χ0n) is 11.5. The van der Waals surface area contributed by atoms with Crippen molar-refractivity contribution in [1.82, 2.24) is 4.90 Å². The Bertz CT molecular complexity index is 463. The second-order valence-corrected chi connectivity index (χ2v) is 5.12. The van der Waals surface area contributed by atoms with Crippen molar-refractivity contribution in [2.45, 2.75) is 31.7 Å². The lowest BCUT2D eigenvalue weighted by Crippen LogP contribution is -2.44. The van der Waals surface area contributed by atoms with Gasteiger partial charge >= 0.3 is 0 Å². The van der Waals surface area contributed by atoms with Crippen molar-refractivity contribution in [2.24, 2.45) is 0 Å². The monoisotopic (exact) mass is 275 g/mol. The first-order chi connectivity index (χ1) is 9.70. The van der Waals surface area contributed by atoms with Gasteiger partial charge in [0.15, 0.2) is 0 Å². The first-order valence-corrected chi connectivity index (χ1v) is 7.09. The average molecular weight is 275 g/mol. The first-order valence-electron chi connectivity index (χ1n) is 7.09. The molecule has 108 valence electrons. The molecule has 1 saturated carbocycles. The maximum atomic E-state index is 12.2. The molecule has 1 amide bonds. The van der Waals surface area contributed by atoms with Crippen molar-refractivity contribution < 1.29 is 15.0 Å². The fourth-order valence-corrected chi connectivity index (χ4v) is 2.26. The Hall–Kier alpha value is -1.81. The minimum absolute atomic E-state index is 0.00350. The van der Waals surface area contributed by atoms with Crippen LogP contribution in [0, 0.1) is 0 Å². The number of phenols is 1. The molecule has 0 heterocycles. The van der Waals surface area contributed by atoms with Gasteiger partial charge in [0.25, 0.3) is 0 Å². The van der Waals surface area contributed by atoms with Crippen LogP contribution >= 0.6 is 0 Å². The van der Waals surface area contributed by atoms with Crippen molar-refractivity contribution in [3.63, 3.8) is 0 Å². The van der Waals surface area contributed by atoms with E-state index in [0.717, 1.165) is 18.4 Å². The molecule has 0 radical (unpaired) electrons. The molecule has 1 fully saturated rings. The first kappa shape index (κ1) is 14.6. The molecule has 0 spiro atoms. The van der Waals surface area contributed by atoms with Crippen molar-refractivity contribution in [3.8, 4) is 5.75 Å². The van der Waals surface area contributed by atoms with E-state index in [2.05, 4.69) is 0 Å². The second-order valence-electron chi connectivity index (χ2n) is 5.12. The Labute approximate surface area is 119 Å². The maximum Gasteiger partial charge on any atom is 0.246 e. The number of rotatable bonds is 6. The number of hydrogen-bond acceptors (Lipinski definition) is 3. The molecular weight excluding hydrogens is 254 g/mol. The minimum Gasteiger partial charge on any atom is -0.508 e. The fourth-order valence-electron chi connectivity index (χ4n) is 2.26. The van der Waals surface area contributed by atoms with E-state index in [0.29, 0.717) is 19.0 Å². The largest absolute Gasteiger partial charge is 0.508 e. The third-order valence-corrected chi connectivity index (χ3v) is 3.67. The number of carbonyl (C=O) groups excluding carboxylic acids is 1. The highest BCUT2D eigenvalue weighted by Gasteiger charge is 2.26. The SMILES string of the molecule is O=C(/C=C/c1ccc(O)cc1)N(CCCO)C1CCC1. The van der Waals surface area contributed by atoms with Gasteiger partial charge in [0.1, 0.15) is 5.75 Å². The number of aliphatic hydroxyl groups excluding tert-OH is 1. The van der Waals surface area contributed by atoms with E-state index >= 15 is 0 Å². The van der Waals surface area contributed by atoms with Crippen LogP contribution in [0.4, 0.5) is 0 Å². The van der Waals surface area contributed by atoms with Gasteiger partial charge < -0.3 is 15.1 Å². The number of nitrogens with zero attached hydrogens (tertiary/aromatic N) is 1. The molecule has 1 aliphatic carbocycles. The summed E-state index contributed by atoms with van der Waals surface area (Å²) < 4.78 is 0. The molecule has 1 aliphatic rings. The molecule has 20 heavy (non-hydrogen) atoms. The number of amides is 1. The summed E-state index contributed by atoms with van der Waals surface area (Å²) in [5.41, 5.74) is 0.881. The molecule has 0 atom stereocenters. The molecule has 4 nitrogen and oxygen atoms in total. The van der Waals surface area contributed by atoms with Crippen LogP contribution in [0.1, 0.15) is 31.2 Å². The standard InChI is InChI=1S/C16H21NO3/c18-12-2-11-17(14-3-1-4-14)16(20)10-7-13-5-8-15(19)9-6-13/h5-10,14,18-19H,1-4,11-12H2/b10-7+. The van der Waals surface area contributed by atoms with Crippen LogP contribution in [-0.4, -0.2) is 40.2 Å². The van der Waals surface area contributed by atoms with Gasteiger partial charge in [-0.15, -0.1) is 0 Å². The van der Waals surface area contributed by atoms with Crippen molar-refractivity contribution in [2.75, 3.05) is 13.2 Å². The molecule has 2 N–H and O–H groups in total. The molecule has 0 aromatic heterocycles. The average Bonchev–Trinajstić information content (AvgIpc) is 2.40. The molecular formula is C16H21NO3. The Balaban J connectivity index is 1.97. The third-order valence-electron chi connectivity index (χ3n) is 3.67. The van der Waals surface area contributed by atoms with E-state index in [1.165, 1.54) is 6.42 Å². The molecule has 4 heteroatoms. The predicted octanol–water partition coefficient (Wildman–Crippen LogP) is 2.17. The van der Waals surface area contributed by atoms with Gasteiger partial charge in [0.05, 0.1) is 0 Å². The maximum absolute atomic E-state index is 12.2. The van der Waals surface area contributed by atoms with E-state index in [4.69, 9.17) is 5.11 Å². The fraction of sp³-hybridized carbons (Fsp3) is 0.438. The second kappa shape index (κ2) is 7.10. The van der Waals surface area contributed by atoms with Crippen LogP contribution < -0.4 is 0 Å². The van der Waals surface area contributed by atoms with E-state index in [1.807, 2.05) is 4.90 Å². The lowest BCUT2D eigenvalue weighted by molar-refractivity contribution is -0.130. The number of carbonyl (C=O) groups is 1. The van der Waals surface area contributed by atoms with Gasteiger partial charge in [-0.3, -0.25) is 4.79 Å². The highest BCUT2D eigenvalue weighted by molar-refractivity contribution is 5.92. The van der Waals surface area contributed by atoms with Crippen LogP contribution in [0.5, 0.6) is 5.75 Å². The summed E-state index contributed by atoms with van der Waals surface area (Å²) in [7, 11) is 0. The van der Waals surface area contributed by atoms with Gasteiger partial charge in [0.2, 0.25) is 5.91 Å². The van der Waals surface area contributed by atoms with E-state index in [-0.39, 0.29) is 18.3 Å². The molecule has 0 aliphatic heterocycles. The van der Waals surface area contributed by atoms with Gasteiger partial charge in [-0.2, -0.15) is 0 Å². The number of aliphatic hydroxyl groups is 1. The smallest absolute Gasteiger partial charge is 0.246 e. The summed E-state index contributed by atoms with van der Waals surface area (Å²) in [6.45, 7) is 0.720. The summed E-state index contributed by atoms with van der Waals surface area (Å²) in [4.78, 5) is 14.1. The van der Waals surface area contributed by atoms with Crippen LogP contribution in [-0.2, 0) is 4.79 Å².